The molecule has 23 heavy (non-hydrogen) atoms. The van der Waals surface area contributed by atoms with Crippen molar-refractivity contribution >= 4 is 11.7 Å². The molecule has 5 heteroatoms. The highest BCUT2D eigenvalue weighted by Crippen LogP contribution is 2.22. The second kappa shape index (κ2) is 6.87. The molecule has 0 saturated carbocycles. The van der Waals surface area contributed by atoms with E-state index in [0.29, 0.717) is 11.6 Å². The van der Waals surface area contributed by atoms with E-state index in [2.05, 4.69) is 36.0 Å². The third-order valence-corrected chi connectivity index (χ3v) is 5.40. The summed E-state index contributed by atoms with van der Waals surface area (Å²) in [5.74, 6) is 1.90. The molecular formula is C18H28N4O. The second-order valence-electron chi connectivity index (χ2n) is 7.06. The molecule has 2 fully saturated rings. The van der Waals surface area contributed by atoms with Gasteiger partial charge >= 0.3 is 0 Å². The van der Waals surface area contributed by atoms with Gasteiger partial charge in [-0.15, -0.1) is 0 Å². The molecule has 5 nitrogen and oxygen atoms in total. The Hall–Kier alpha value is -1.62. The maximum Gasteiger partial charge on any atom is 0.255 e. The minimum absolute atomic E-state index is 0.0946. The Morgan fingerprint density at radius 2 is 1.91 bits per heavy atom. The van der Waals surface area contributed by atoms with Gasteiger partial charge in [0.05, 0.1) is 5.56 Å². The number of hydrogen-bond acceptors (Lipinski definition) is 4. The van der Waals surface area contributed by atoms with Gasteiger partial charge in [0.15, 0.2) is 0 Å². The third kappa shape index (κ3) is 3.50. The molecule has 126 valence electrons. The smallest absolute Gasteiger partial charge is 0.255 e. The minimum Gasteiger partial charge on any atom is -0.357 e. The molecule has 0 radical (unpaired) electrons. The molecule has 0 bridgehead atoms. The molecule has 2 atom stereocenters. The number of carbonyl (C=O) groups is 1. The first-order valence-electron chi connectivity index (χ1n) is 8.81. The summed E-state index contributed by atoms with van der Waals surface area (Å²) < 4.78 is 0. The van der Waals surface area contributed by atoms with Gasteiger partial charge in [0.25, 0.3) is 5.91 Å². The van der Waals surface area contributed by atoms with Crippen LogP contribution in [0.5, 0.6) is 0 Å². The van der Waals surface area contributed by atoms with Crippen LogP contribution >= 0.6 is 0 Å². The predicted molar refractivity (Wildman–Crippen MR) is 92.8 cm³/mol. The molecule has 1 aromatic heterocycles. The van der Waals surface area contributed by atoms with E-state index in [1.807, 2.05) is 17.0 Å². The minimum atomic E-state index is 0.0946. The van der Waals surface area contributed by atoms with Gasteiger partial charge in [-0.1, -0.05) is 6.92 Å². The summed E-state index contributed by atoms with van der Waals surface area (Å²) in [6, 6.07) is 4.47. The molecule has 3 rings (SSSR count). The molecule has 0 aliphatic carbocycles. The fourth-order valence-corrected chi connectivity index (χ4v) is 3.45. The quantitative estimate of drug-likeness (QED) is 0.908. The summed E-state index contributed by atoms with van der Waals surface area (Å²) in [7, 11) is 0. The number of anilines is 1. The largest absolute Gasteiger partial charge is 0.357 e. The van der Waals surface area contributed by atoms with Gasteiger partial charge in [-0.05, 0) is 44.7 Å². The Balaban J connectivity index is 1.68. The molecule has 3 heterocycles. The number of piperazine rings is 1. The van der Waals surface area contributed by atoms with Crippen LogP contribution < -0.4 is 10.2 Å². The van der Waals surface area contributed by atoms with E-state index >= 15 is 0 Å². The molecule has 2 unspecified atom stereocenters. The van der Waals surface area contributed by atoms with Crippen molar-refractivity contribution in [3.05, 3.63) is 23.9 Å². The first-order chi connectivity index (χ1) is 11.1. The Morgan fingerprint density at radius 1 is 1.17 bits per heavy atom. The topological polar surface area (TPSA) is 48.5 Å². The zero-order valence-corrected chi connectivity index (χ0v) is 14.5. The monoisotopic (exact) mass is 316 g/mol. The Labute approximate surface area is 139 Å². The highest BCUT2D eigenvalue weighted by atomic mass is 16.2. The van der Waals surface area contributed by atoms with Gasteiger partial charge in [-0.3, -0.25) is 4.79 Å². The highest BCUT2D eigenvalue weighted by Gasteiger charge is 2.29. The second-order valence-corrected chi connectivity index (χ2v) is 7.06. The van der Waals surface area contributed by atoms with Gasteiger partial charge in [-0.25, -0.2) is 4.98 Å². The van der Waals surface area contributed by atoms with Crippen LogP contribution in [0.2, 0.25) is 0 Å². The number of aromatic nitrogens is 1. The molecule has 1 amide bonds. The third-order valence-electron chi connectivity index (χ3n) is 5.40. The van der Waals surface area contributed by atoms with Crippen LogP contribution in [-0.2, 0) is 0 Å². The fourth-order valence-electron chi connectivity index (χ4n) is 3.45. The molecule has 2 saturated heterocycles. The van der Waals surface area contributed by atoms with Crippen LogP contribution in [-0.4, -0.2) is 54.1 Å². The summed E-state index contributed by atoms with van der Waals surface area (Å²) in [6.07, 6.45) is 4.19. The van der Waals surface area contributed by atoms with Crippen LogP contribution in [0, 0.1) is 5.92 Å². The number of nitrogens with one attached hydrogen (secondary N) is 1. The molecular weight excluding hydrogens is 288 g/mol. The van der Waals surface area contributed by atoms with E-state index < -0.39 is 0 Å². The van der Waals surface area contributed by atoms with E-state index in [1.54, 1.807) is 6.20 Å². The normalized spacial score (nSPS) is 26.4. The van der Waals surface area contributed by atoms with E-state index in [9.17, 15) is 4.79 Å². The van der Waals surface area contributed by atoms with Gasteiger partial charge < -0.3 is 15.1 Å². The lowest BCUT2D eigenvalue weighted by molar-refractivity contribution is 0.0602. The lowest BCUT2D eigenvalue weighted by Crippen LogP contribution is -2.57. The van der Waals surface area contributed by atoms with Crippen LogP contribution in [0.15, 0.2) is 18.3 Å². The molecule has 1 aromatic rings. The Kier molecular flexibility index (Phi) is 4.85. The maximum absolute atomic E-state index is 12.7. The van der Waals surface area contributed by atoms with E-state index in [1.165, 1.54) is 12.8 Å². The van der Waals surface area contributed by atoms with Gasteiger partial charge in [0.1, 0.15) is 5.82 Å². The number of nitrogens with zero attached hydrogens (tertiary/aromatic N) is 3. The van der Waals surface area contributed by atoms with E-state index in [0.717, 1.165) is 37.9 Å². The van der Waals surface area contributed by atoms with Crippen molar-refractivity contribution in [1.82, 2.24) is 15.2 Å². The van der Waals surface area contributed by atoms with Crippen LogP contribution in [0.4, 0.5) is 5.82 Å². The van der Waals surface area contributed by atoms with Crippen molar-refractivity contribution < 1.29 is 4.79 Å². The number of pyridine rings is 1. The van der Waals surface area contributed by atoms with Crippen LogP contribution in [0.1, 0.15) is 44.0 Å². The molecule has 1 N–H and O–H groups in total. The van der Waals surface area contributed by atoms with Crippen molar-refractivity contribution in [1.29, 1.82) is 0 Å². The summed E-state index contributed by atoms with van der Waals surface area (Å²) in [5, 5.41) is 3.41. The molecule has 2 aliphatic heterocycles. The first kappa shape index (κ1) is 16.2. The first-order valence-corrected chi connectivity index (χ1v) is 8.81. The lowest BCUT2D eigenvalue weighted by Gasteiger charge is -2.38. The Bertz CT molecular complexity index is 536. The number of rotatable bonds is 2. The van der Waals surface area contributed by atoms with E-state index in [4.69, 9.17) is 0 Å². The highest BCUT2D eigenvalue weighted by molar-refractivity contribution is 5.94. The zero-order chi connectivity index (χ0) is 16.4. The summed E-state index contributed by atoms with van der Waals surface area (Å²) in [5.41, 5.74) is 0.695. The number of carbonyl (C=O) groups excluding carboxylic acids is 1. The van der Waals surface area contributed by atoms with Gasteiger partial charge in [0.2, 0.25) is 0 Å². The van der Waals surface area contributed by atoms with Crippen LogP contribution in [0.3, 0.4) is 0 Å². The fraction of sp³-hybridized carbons (Fsp3) is 0.667. The van der Waals surface area contributed by atoms with Crippen molar-refractivity contribution in [2.45, 2.75) is 45.7 Å². The van der Waals surface area contributed by atoms with Crippen LogP contribution in [0.25, 0.3) is 0 Å². The SMILES string of the molecule is CC1CCN(c2ccc(C(=O)N3CCNC(C)C3C)cn2)CC1. The molecule has 2 aliphatic rings. The number of piperidine rings is 1. The molecule has 0 spiro atoms. The maximum atomic E-state index is 12.7. The average molecular weight is 316 g/mol. The van der Waals surface area contributed by atoms with Crippen molar-refractivity contribution in [2.75, 3.05) is 31.1 Å². The lowest BCUT2D eigenvalue weighted by atomic mass is 9.99. The van der Waals surface area contributed by atoms with Gasteiger partial charge in [0, 0.05) is 44.5 Å². The number of amides is 1. The van der Waals surface area contributed by atoms with Gasteiger partial charge in [-0.2, -0.15) is 0 Å². The summed E-state index contributed by atoms with van der Waals surface area (Å²) >= 11 is 0. The average Bonchev–Trinajstić information content (AvgIpc) is 2.58. The van der Waals surface area contributed by atoms with E-state index in [-0.39, 0.29) is 11.9 Å². The zero-order valence-electron chi connectivity index (χ0n) is 14.5. The van der Waals surface area contributed by atoms with Crippen molar-refractivity contribution in [3.63, 3.8) is 0 Å². The number of hydrogen-bond donors (Lipinski definition) is 1. The predicted octanol–water partition coefficient (Wildman–Crippen LogP) is 2.14. The van der Waals surface area contributed by atoms with Crippen molar-refractivity contribution in [2.24, 2.45) is 5.92 Å². The Morgan fingerprint density at radius 3 is 2.57 bits per heavy atom. The summed E-state index contributed by atoms with van der Waals surface area (Å²) in [4.78, 5) is 21.6. The molecule has 0 aromatic carbocycles. The summed E-state index contributed by atoms with van der Waals surface area (Å²) in [6.45, 7) is 10.3. The standard InChI is InChI=1S/C18H28N4O/c1-13-6-9-21(10-7-13)17-5-4-16(12-20-17)18(23)22-11-8-19-14(2)15(22)3/h4-5,12-15,19H,6-11H2,1-3H3. The van der Waals surface area contributed by atoms with Crippen molar-refractivity contribution in [3.8, 4) is 0 Å².